The Balaban J connectivity index is 2.11. The van der Waals surface area contributed by atoms with Crippen LogP contribution in [0.15, 0.2) is 40.9 Å². The van der Waals surface area contributed by atoms with Gasteiger partial charge in [0.25, 0.3) is 0 Å². The van der Waals surface area contributed by atoms with E-state index in [0.717, 1.165) is 46.1 Å². The lowest BCUT2D eigenvalue weighted by Gasteiger charge is -2.26. The van der Waals surface area contributed by atoms with Gasteiger partial charge in [-0.15, -0.1) is 0 Å². The third kappa shape index (κ3) is 3.09. The van der Waals surface area contributed by atoms with Crippen LogP contribution < -0.4 is 4.90 Å². The maximum atomic E-state index is 9.18. The fraction of sp³-hybridized carbons (Fsp3) is 0.273. The van der Waals surface area contributed by atoms with Crippen LogP contribution in [0.3, 0.4) is 0 Å². The molecule has 0 unspecified atom stereocenters. The molecule has 0 saturated carbocycles. The van der Waals surface area contributed by atoms with Gasteiger partial charge in [0.15, 0.2) is 0 Å². The lowest BCUT2D eigenvalue weighted by Crippen LogP contribution is -2.17. The molecule has 0 saturated heterocycles. The van der Waals surface area contributed by atoms with Gasteiger partial charge in [-0.25, -0.2) is 0 Å². The van der Waals surface area contributed by atoms with Crippen LogP contribution in [0.2, 0.25) is 0 Å². The normalized spacial score (nSPS) is 10.6. The fourth-order valence-electron chi connectivity index (χ4n) is 3.38. The molecular formula is C22H23N3O. The molecule has 4 heteroatoms. The Bertz CT molecular complexity index is 976. The van der Waals surface area contributed by atoms with Crippen molar-refractivity contribution in [2.45, 2.75) is 34.6 Å². The number of anilines is 2. The number of aromatic nitrogens is 1. The van der Waals surface area contributed by atoms with Crippen molar-refractivity contribution in [3.63, 3.8) is 0 Å². The van der Waals surface area contributed by atoms with E-state index in [4.69, 9.17) is 4.52 Å². The second-order valence-electron chi connectivity index (χ2n) is 6.56. The molecule has 4 nitrogen and oxygen atoms in total. The first-order valence-corrected chi connectivity index (χ1v) is 8.78. The van der Waals surface area contributed by atoms with Gasteiger partial charge in [0, 0.05) is 23.5 Å². The highest BCUT2D eigenvalue weighted by molar-refractivity contribution is 5.76. The fourth-order valence-corrected chi connectivity index (χ4v) is 3.38. The topological polar surface area (TPSA) is 53.1 Å². The van der Waals surface area contributed by atoms with Crippen molar-refractivity contribution in [1.29, 1.82) is 5.26 Å². The highest BCUT2D eigenvalue weighted by Gasteiger charge is 2.16. The van der Waals surface area contributed by atoms with Crippen molar-refractivity contribution in [3.8, 4) is 17.2 Å². The Kier molecular flexibility index (Phi) is 4.81. The predicted molar refractivity (Wildman–Crippen MR) is 105 cm³/mol. The number of nitriles is 1. The molecule has 0 atom stereocenters. The van der Waals surface area contributed by atoms with Crippen molar-refractivity contribution in [1.82, 2.24) is 5.16 Å². The van der Waals surface area contributed by atoms with Crippen LogP contribution >= 0.6 is 0 Å². The average Bonchev–Trinajstić information content (AvgIpc) is 2.96. The molecular weight excluding hydrogens is 322 g/mol. The Morgan fingerprint density at radius 1 is 1.04 bits per heavy atom. The highest BCUT2D eigenvalue weighted by Crippen LogP contribution is 2.35. The van der Waals surface area contributed by atoms with Crippen LogP contribution in [0.5, 0.6) is 0 Å². The molecule has 0 aliphatic heterocycles. The minimum Gasteiger partial charge on any atom is -0.361 e. The zero-order valence-corrected chi connectivity index (χ0v) is 15.9. The van der Waals surface area contributed by atoms with E-state index in [1.165, 1.54) is 5.56 Å². The Labute approximate surface area is 154 Å². The Hall–Kier alpha value is -3.06. The van der Waals surface area contributed by atoms with Gasteiger partial charge < -0.3 is 9.42 Å². The third-order valence-electron chi connectivity index (χ3n) is 4.78. The van der Waals surface area contributed by atoms with Crippen molar-refractivity contribution in [3.05, 3.63) is 64.5 Å². The molecule has 0 aliphatic rings. The molecule has 26 heavy (non-hydrogen) atoms. The Morgan fingerprint density at radius 2 is 1.81 bits per heavy atom. The lowest BCUT2D eigenvalue weighted by molar-refractivity contribution is 0.393. The number of aryl methyl sites for hydroxylation is 4. The molecule has 0 N–H and O–H groups in total. The molecule has 1 aromatic heterocycles. The molecule has 3 aromatic rings. The smallest absolute Gasteiger partial charge is 0.141 e. The molecule has 0 spiro atoms. The number of nitrogens with zero attached hydrogens (tertiary/aromatic N) is 3. The maximum Gasteiger partial charge on any atom is 0.141 e. The van der Waals surface area contributed by atoms with E-state index in [1.807, 2.05) is 32.9 Å². The minimum absolute atomic E-state index is 0.714. The number of hydrogen-bond acceptors (Lipinski definition) is 4. The standard InChI is InChI=1S/C22H23N3O/c1-6-25(20-10-9-19(13-23)15(3)11-20)21-12-18(8-7-14(21)2)22-16(4)24-26-17(22)5/h7-12H,6H2,1-5H3. The summed E-state index contributed by atoms with van der Waals surface area (Å²) in [4.78, 5) is 2.27. The van der Waals surface area contributed by atoms with E-state index >= 15 is 0 Å². The second kappa shape index (κ2) is 7.05. The molecule has 1 heterocycles. The van der Waals surface area contributed by atoms with Crippen LogP contribution in [0.4, 0.5) is 11.4 Å². The maximum absolute atomic E-state index is 9.18. The summed E-state index contributed by atoms with van der Waals surface area (Å²) >= 11 is 0. The molecule has 3 rings (SSSR count). The first-order chi connectivity index (χ1) is 12.5. The van der Waals surface area contributed by atoms with E-state index in [1.54, 1.807) is 0 Å². The summed E-state index contributed by atoms with van der Waals surface area (Å²) in [6.45, 7) is 11.0. The minimum atomic E-state index is 0.714. The quantitative estimate of drug-likeness (QED) is 0.617. The second-order valence-corrected chi connectivity index (χ2v) is 6.56. The molecule has 132 valence electrons. The van der Waals surface area contributed by atoms with Gasteiger partial charge in [-0.05, 0) is 75.6 Å². The predicted octanol–water partition coefficient (Wildman–Crippen LogP) is 5.60. The highest BCUT2D eigenvalue weighted by atomic mass is 16.5. The molecule has 0 amide bonds. The van der Waals surface area contributed by atoms with Crippen molar-refractivity contribution >= 4 is 11.4 Å². The first-order valence-electron chi connectivity index (χ1n) is 8.78. The monoisotopic (exact) mass is 345 g/mol. The van der Waals surface area contributed by atoms with Gasteiger partial charge in [-0.3, -0.25) is 0 Å². The SMILES string of the molecule is CCN(c1ccc(C#N)c(C)c1)c1cc(-c2c(C)noc2C)ccc1C. The largest absolute Gasteiger partial charge is 0.361 e. The number of hydrogen-bond donors (Lipinski definition) is 0. The van der Waals surface area contributed by atoms with Gasteiger partial charge >= 0.3 is 0 Å². The van der Waals surface area contributed by atoms with Gasteiger partial charge in [0.2, 0.25) is 0 Å². The van der Waals surface area contributed by atoms with Crippen LogP contribution in [0, 0.1) is 39.0 Å². The summed E-state index contributed by atoms with van der Waals surface area (Å²) in [5, 5.41) is 13.3. The van der Waals surface area contributed by atoms with Crippen LogP contribution in [-0.2, 0) is 0 Å². The summed E-state index contributed by atoms with van der Waals surface area (Å²) in [6.07, 6.45) is 0. The average molecular weight is 345 g/mol. The van der Waals surface area contributed by atoms with Gasteiger partial charge in [-0.2, -0.15) is 5.26 Å². The molecule has 0 radical (unpaired) electrons. The number of benzene rings is 2. The molecule has 0 aliphatic carbocycles. The number of rotatable bonds is 4. The third-order valence-corrected chi connectivity index (χ3v) is 4.78. The van der Waals surface area contributed by atoms with E-state index in [9.17, 15) is 5.26 Å². The van der Waals surface area contributed by atoms with E-state index in [2.05, 4.69) is 54.2 Å². The van der Waals surface area contributed by atoms with Crippen LogP contribution in [0.25, 0.3) is 11.1 Å². The van der Waals surface area contributed by atoms with Gasteiger partial charge in [0.1, 0.15) is 5.76 Å². The lowest BCUT2D eigenvalue weighted by atomic mass is 10.0. The van der Waals surface area contributed by atoms with E-state index < -0.39 is 0 Å². The first kappa shape index (κ1) is 17.8. The van der Waals surface area contributed by atoms with Crippen molar-refractivity contribution in [2.24, 2.45) is 0 Å². The summed E-state index contributed by atoms with van der Waals surface area (Å²) < 4.78 is 5.34. The van der Waals surface area contributed by atoms with E-state index in [0.29, 0.717) is 5.56 Å². The molecule has 2 aromatic carbocycles. The summed E-state index contributed by atoms with van der Waals surface area (Å²) in [6, 6.07) is 14.7. The van der Waals surface area contributed by atoms with Crippen molar-refractivity contribution < 1.29 is 4.52 Å². The summed E-state index contributed by atoms with van der Waals surface area (Å²) in [5.41, 5.74) is 8.19. The summed E-state index contributed by atoms with van der Waals surface area (Å²) in [7, 11) is 0. The Morgan fingerprint density at radius 3 is 2.38 bits per heavy atom. The van der Waals surface area contributed by atoms with Gasteiger partial charge in [-0.1, -0.05) is 17.3 Å². The molecule has 0 fully saturated rings. The van der Waals surface area contributed by atoms with E-state index in [-0.39, 0.29) is 0 Å². The van der Waals surface area contributed by atoms with Gasteiger partial charge in [0.05, 0.1) is 17.3 Å². The zero-order chi connectivity index (χ0) is 18.8. The van der Waals surface area contributed by atoms with Crippen LogP contribution in [0.1, 0.15) is 35.1 Å². The van der Waals surface area contributed by atoms with Crippen molar-refractivity contribution in [2.75, 3.05) is 11.4 Å². The molecule has 0 bridgehead atoms. The van der Waals surface area contributed by atoms with Crippen LogP contribution in [-0.4, -0.2) is 11.7 Å². The zero-order valence-electron chi connectivity index (χ0n) is 15.9. The summed E-state index contributed by atoms with van der Waals surface area (Å²) in [5.74, 6) is 0.828.